The quantitative estimate of drug-likeness (QED) is 0.454. The number of hydrogen-bond donors (Lipinski definition) is 2. The molecule has 4 aliphatic carbocycles. The van der Waals surface area contributed by atoms with Gasteiger partial charge in [-0.2, -0.15) is 13.2 Å². The van der Waals surface area contributed by atoms with E-state index in [1.54, 1.807) is 0 Å². The highest BCUT2D eigenvalue weighted by Gasteiger charge is 2.64. The van der Waals surface area contributed by atoms with Crippen molar-refractivity contribution in [3.05, 3.63) is 0 Å². The average Bonchev–Trinajstić information content (AvgIpc) is 3.01. The molecule has 2 nitrogen and oxygen atoms in total. The molecule has 0 aromatic carbocycles. The molecule has 180 valence electrons. The molecule has 4 fully saturated rings. The van der Waals surface area contributed by atoms with E-state index in [9.17, 15) is 23.4 Å². The van der Waals surface area contributed by atoms with E-state index in [1.807, 2.05) is 6.92 Å². The molecule has 0 spiro atoms. The Balaban J connectivity index is 1.44. The van der Waals surface area contributed by atoms with Gasteiger partial charge >= 0.3 is 6.18 Å². The van der Waals surface area contributed by atoms with E-state index in [0.29, 0.717) is 29.6 Å². The molecular formula is C26H43F3O2. The summed E-state index contributed by atoms with van der Waals surface area (Å²) < 4.78 is 40.6. The number of alkyl halides is 3. The van der Waals surface area contributed by atoms with Crippen LogP contribution in [-0.2, 0) is 0 Å². The fourth-order valence-electron chi connectivity index (χ4n) is 8.92. The molecule has 0 radical (unpaired) electrons. The summed E-state index contributed by atoms with van der Waals surface area (Å²) in [5.74, 6) is 2.65. The lowest BCUT2D eigenvalue weighted by molar-refractivity contribution is -0.290. The van der Waals surface area contributed by atoms with Gasteiger partial charge < -0.3 is 10.2 Å². The van der Waals surface area contributed by atoms with Crippen LogP contribution in [0.1, 0.15) is 104 Å². The third kappa shape index (κ3) is 3.98. The maximum absolute atomic E-state index is 13.5. The van der Waals surface area contributed by atoms with Crippen molar-refractivity contribution in [2.24, 2.45) is 40.4 Å². The van der Waals surface area contributed by atoms with Gasteiger partial charge in [0, 0.05) is 0 Å². The molecule has 5 heteroatoms. The third-order valence-electron chi connectivity index (χ3n) is 10.9. The van der Waals surface area contributed by atoms with Crippen molar-refractivity contribution < 1.29 is 23.4 Å². The van der Waals surface area contributed by atoms with E-state index in [-0.39, 0.29) is 30.3 Å². The maximum atomic E-state index is 13.5. The standard InChI is InChI=1S/C26H43F3O2/c1-17(30)6-4-5-7-18-9-11-21-20-10-8-19-16-25(31,26(27,28)29)15-14-24(19,3)22(20)12-13-23(18,21)2/h17-22,30-31H,4-16H2,1-3H3/t17-,18-,19+,20+,21+,22+,23-,24+,25+/m1/s1. The second-order valence-electron chi connectivity index (χ2n) is 12.3. The molecule has 2 N–H and O–H groups in total. The first-order valence-electron chi connectivity index (χ1n) is 12.9. The maximum Gasteiger partial charge on any atom is 0.417 e. The molecule has 0 aromatic heterocycles. The Kier molecular flexibility index (Phi) is 6.30. The highest BCUT2D eigenvalue weighted by molar-refractivity contribution is 5.11. The van der Waals surface area contributed by atoms with Gasteiger partial charge in [0.15, 0.2) is 5.60 Å². The van der Waals surface area contributed by atoms with Gasteiger partial charge in [0.2, 0.25) is 0 Å². The minimum absolute atomic E-state index is 0.00356. The van der Waals surface area contributed by atoms with Crippen molar-refractivity contribution in [3.8, 4) is 0 Å². The number of rotatable bonds is 5. The lowest BCUT2D eigenvalue weighted by atomic mass is 9.43. The summed E-state index contributed by atoms with van der Waals surface area (Å²) in [4.78, 5) is 0. The van der Waals surface area contributed by atoms with E-state index in [1.165, 1.54) is 32.1 Å². The SMILES string of the molecule is C[C@@H](O)CCCC[C@@H]1CC[C@H]2[C@@H]3CC[C@H]4C[C@](O)(C(F)(F)F)CC[C@]4(C)[C@H]3CC[C@]12C. The molecule has 0 aliphatic heterocycles. The largest absolute Gasteiger partial charge is 0.417 e. The summed E-state index contributed by atoms with van der Waals surface area (Å²) in [5, 5.41) is 19.9. The Morgan fingerprint density at radius 1 is 0.903 bits per heavy atom. The van der Waals surface area contributed by atoms with E-state index >= 15 is 0 Å². The Bertz CT molecular complexity index is 649. The molecule has 4 saturated carbocycles. The molecule has 9 atom stereocenters. The molecule has 0 unspecified atom stereocenters. The molecular weight excluding hydrogens is 401 g/mol. The van der Waals surface area contributed by atoms with Crippen LogP contribution in [0, 0.1) is 40.4 Å². The van der Waals surface area contributed by atoms with Crippen molar-refractivity contribution in [2.45, 2.75) is 122 Å². The third-order valence-corrected chi connectivity index (χ3v) is 10.9. The smallest absolute Gasteiger partial charge is 0.393 e. The van der Waals surface area contributed by atoms with Crippen LogP contribution in [-0.4, -0.2) is 28.1 Å². The molecule has 0 heterocycles. The lowest BCUT2D eigenvalue weighted by Crippen LogP contribution is -2.59. The molecule has 0 bridgehead atoms. The fraction of sp³-hybridized carbons (Fsp3) is 1.00. The topological polar surface area (TPSA) is 40.5 Å². The first-order valence-corrected chi connectivity index (χ1v) is 12.9. The summed E-state index contributed by atoms with van der Waals surface area (Å²) in [7, 11) is 0. The average molecular weight is 445 g/mol. The number of hydrogen-bond acceptors (Lipinski definition) is 2. The number of aliphatic hydroxyl groups excluding tert-OH is 1. The van der Waals surface area contributed by atoms with Gasteiger partial charge in [0.1, 0.15) is 0 Å². The summed E-state index contributed by atoms with van der Waals surface area (Å²) in [6.07, 6.45) is 6.87. The van der Waals surface area contributed by atoms with Crippen LogP contribution < -0.4 is 0 Å². The molecule has 0 saturated heterocycles. The highest BCUT2D eigenvalue weighted by atomic mass is 19.4. The number of halogens is 3. The Morgan fingerprint density at radius 3 is 2.29 bits per heavy atom. The highest BCUT2D eigenvalue weighted by Crippen LogP contribution is 2.69. The fourth-order valence-corrected chi connectivity index (χ4v) is 8.92. The van der Waals surface area contributed by atoms with Crippen LogP contribution in [0.4, 0.5) is 13.2 Å². The van der Waals surface area contributed by atoms with E-state index < -0.39 is 11.8 Å². The molecule has 4 rings (SSSR count). The van der Waals surface area contributed by atoms with Crippen LogP contribution >= 0.6 is 0 Å². The summed E-state index contributed by atoms with van der Waals surface area (Å²) in [5.41, 5.74) is -2.13. The van der Waals surface area contributed by atoms with Crippen molar-refractivity contribution in [1.29, 1.82) is 0 Å². The molecule has 0 aromatic rings. The van der Waals surface area contributed by atoms with E-state index in [4.69, 9.17) is 0 Å². The van der Waals surface area contributed by atoms with E-state index in [2.05, 4.69) is 13.8 Å². The zero-order chi connectivity index (χ0) is 22.7. The predicted molar refractivity (Wildman–Crippen MR) is 116 cm³/mol. The number of aliphatic hydroxyl groups is 2. The van der Waals surface area contributed by atoms with Gasteiger partial charge in [-0.25, -0.2) is 0 Å². The van der Waals surface area contributed by atoms with Crippen molar-refractivity contribution in [1.82, 2.24) is 0 Å². The van der Waals surface area contributed by atoms with Gasteiger partial charge in [-0.3, -0.25) is 0 Å². The Labute approximate surface area is 186 Å². The minimum atomic E-state index is -4.51. The number of fused-ring (bicyclic) bond motifs is 5. The van der Waals surface area contributed by atoms with Crippen molar-refractivity contribution in [2.75, 3.05) is 0 Å². The van der Waals surface area contributed by atoms with Crippen LogP contribution in [0.5, 0.6) is 0 Å². The summed E-state index contributed by atoms with van der Waals surface area (Å²) in [6.45, 7) is 6.64. The van der Waals surface area contributed by atoms with Crippen molar-refractivity contribution >= 4 is 0 Å². The molecule has 0 amide bonds. The van der Waals surface area contributed by atoms with Crippen LogP contribution in [0.3, 0.4) is 0 Å². The van der Waals surface area contributed by atoms with Gasteiger partial charge in [0.25, 0.3) is 0 Å². The monoisotopic (exact) mass is 444 g/mol. The Morgan fingerprint density at radius 2 is 1.61 bits per heavy atom. The summed E-state index contributed by atoms with van der Waals surface area (Å²) in [6, 6.07) is 0. The first kappa shape index (κ1) is 23.9. The minimum Gasteiger partial charge on any atom is -0.393 e. The van der Waals surface area contributed by atoms with Gasteiger partial charge in [-0.05, 0) is 118 Å². The number of unbranched alkanes of at least 4 members (excludes halogenated alkanes) is 1. The predicted octanol–water partition coefficient (Wildman–Crippen LogP) is 6.88. The molecule has 31 heavy (non-hydrogen) atoms. The normalized spacial score (nSPS) is 48.6. The van der Waals surface area contributed by atoms with Gasteiger partial charge in [0.05, 0.1) is 6.10 Å². The second-order valence-corrected chi connectivity index (χ2v) is 12.3. The van der Waals surface area contributed by atoms with E-state index in [0.717, 1.165) is 38.0 Å². The Hall–Kier alpha value is -0.290. The summed E-state index contributed by atoms with van der Waals surface area (Å²) >= 11 is 0. The second kappa shape index (κ2) is 8.18. The van der Waals surface area contributed by atoms with Crippen LogP contribution in [0.15, 0.2) is 0 Å². The van der Waals surface area contributed by atoms with Gasteiger partial charge in [-0.15, -0.1) is 0 Å². The molecule has 4 aliphatic rings. The zero-order valence-corrected chi connectivity index (χ0v) is 19.7. The van der Waals surface area contributed by atoms with Crippen molar-refractivity contribution in [3.63, 3.8) is 0 Å². The van der Waals surface area contributed by atoms with Crippen LogP contribution in [0.2, 0.25) is 0 Å². The van der Waals surface area contributed by atoms with Gasteiger partial charge in [-0.1, -0.05) is 26.7 Å². The van der Waals surface area contributed by atoms with Crippen LogP contribution in [0.25, 0.3) is 0 Å². The lowest BCUT2D eigenvalue weighted by Gasteiger charge is -2.62. The first-order chi connectivity index (χ1) is 14.4. The zero-order valence-electron chi connectivity index (χ0n) is 19.7.